The topological polar surface area (TPSA) is 46.9 Å². The van der Waals surface area contributed by atoms with Crippen molar-refractivity contribution in [3.8, 4) is 0 Å². The largest absolute Gasteiger partial charge is 0.345 e. The van der Waals surface area contributed by atoms with Gasteiger partial charge in [-0.2, -0.15) is 5.10 Å². The quantitative estimate of drug-likeness (QED) is 0.689. The van der Waals surface area contributed by atoms with Crippen molar-refractivity contribution in [1.29, 1.82) is 0 Å². The Balaban J connectivity index is 1.70. The van der Waals surface area contributed by atoms with Gasteiger partial charge in [0, 0.05) is 11.3 Å². The zero-order valence-electron chi connectivity index (χ0n) is 16.5. The highest BCUT2D eigenvalue weighted by Gasteiger charge is 2.15. The Hall–Kier alpha value is -2.88. The molecule has 140 valence electrons. The summed E-state index contributed by atoms with van der Waals surface area (Å²) in [5.74, 6) is -0.0391. The fraction of sp³-hybridized carbons (Fsp3) is 0.304. The van der Waals surface area contributed by atoms with Crippen LogP contribution in [-0.2, 0) is 6.54 Å². The Morgan fingerprint density at radius 1 is 1.07 bits per heavy atom. The molecule has 1 aromatic heterocycles. The summed E-state index contributed by atoms with van der Waals surface area (Å²) in [4.78, 5) is 12.7. The molecule has 2 aromatic carbocycles. The van der Waals surface area contributed by atoms with Gasteiger partial charge in [-0.1, -0.05) is 43.3 Å². The van der Waals surface area contributed by atoms with E-state index in [0.717, 1.165) is 23.4 Å². The molecule has 3 rings (SSSR count). The number of aromatic nitrogens is 2. The number of rotatable bonds is 6. The first-order chi connectivity index (χ1) is 13.0. The number of carbonyl (C=O) groups is 1. The van der Waals surface area contributed by atoms with Crippen molar-refractivity contribution in [3.05, 3.63) is 88.2 Å². The molecule has 0 fully saturated rings. The summed E-state index contributed by atoms with van der Waals surface area (Å²) in [5, 5.41) is 7.66. The molecule has 1 N–H and O–H groups in total. The Morgan fingerprint density at radius 2 is 1.78 bits per heavy atom. The van der Waals surface area contributed by atoms with E-state index in [1.807, 2.05) is 48.0 Å². The molecule has 27 heavy (non-hydrogen) atoms. The van der Waals surface area contributed by atoms with Crippen LogP contribution in [0.5, 0.6) is 0 Å². The van der Waals surface area contributed by atoms with Crippen LogP contribution in [0.2, 0.25) is 0 Å². The fourth-order valence-corrected chi connectivity index (χ4v) is 3.39. The van der Waals surface area contributed by atoms with Gasteiger partial charge in [-0.05, 0) is 62.1 Å². The maximum absolute atomic E-state index is 12.7. The van der Waals surface area contributed by atoms with Crippen LogP contribution in [0.3, 0.4) is 0 Å². The van der Waals surface area contributed by atoms with E-state index in [1.54, 1.807) is 0 Å². The number of benzene rings is 2. The van der Waals surface area contributed by atoms with E-state index < -0.39 is 0 Å². The molecular formula is C23H27N3O. The van der Waals surface area contributed by atoms with Crippen LogP contribution in [-0.4, -0.2) is 15.7 Å². The third-order valence-corrected chi connectivity index (χ3v) is 4.93. The molecule has 0 aliphatic heterocycles. The van der Waals surface area contributed by atoms with Crippen LogP contribution in [0.15, 0.2) is 54.6 Å². The fourth-order valence-electron chi connectivity index (χ4n) is 3.39. The first-order valence-corrected chi connectivity index (χ1v) is 9.44. The van der Waals surface area contributed by atoms with Gasteiger partial charge in [0.1, 0.15) is 0 Å². The average molecular weight is 361 g/mol. The third kappa shape index (κ3) is 4.45. The molecule has 0 unspecified atom stereocenters. The van der Waals surface area contributed by atoms with Crippen molar-refractivity contribution in [2.75, 3.05) is 0 Å². The second-order valence-electron chi connectivity index (χ2n) is 7.07. The molecule has 0 saturated carbocycles. The lowest BCUT2D eigenvalue weighted by Crippen LogP contribution is -2.28. The summed E-state index contributed by atoms with van der Waals surface area (Å²) in [5.41, 5.74) is 6.34. The highest BCUT2D eigenvalue weighted by atomic mass is 16.1. The second-order valence-corrected chi connectivity index (χ2v) is 7.07. The molecule has 0 radical (unpaired) electrons. The molecule has 0 spiro atoms. The van der Waals surface area contributed by atoms with Crippen molar-refractivity contribution in [2.45, 2.75) is 46.7 Å². The minimum atomic E-state index is -0.0391. The molecule has 4 heteroatoms. The van der Waals surface area contributed by atoms with Crippen LogP contribution in [0, 0.1) is 20.8 Å². The summed E-state index contributed by atoms with van der Waals surface area (Å²) >= 11 is 0. The number of nitrogens with zero attached hydrogens (tertiary/aromatic N) is 2. The zero-order chi connectivity index (χ0) is 19.4. The van der Waals surface area contributed by atoms with Crippen molar-refractivity contribution >= 4 is 5.91 Å². The summed E-state index contributed by atoms with van der Waals surface area (Å²) in [6.07, 6.45) is 0.854. The molecule has 0 aliphatic rings. The van der Waals surface area contributed by atoms with E-state index in [9.17, 15) is 4.79 Å². The molecule has 0 saturated heterocycles. The number of hydrogen-bond acceptors (Lipinski definition) is 2. The monoisotopic (exact) mass is 361 g/mol. The first kappa shape index (κ1) is 18.9. The van der Waals surface area contributed by atoms with Gasteiger partial charge in [-0.25, -0.2) is 0 Å². The lowest BCUT2D eigenvalue weighted by atomic mass is 9.99. The van der Waals surface area contributed by atoms with E-state index in [-0.39, 0.29) is 11.9 Å². The van der Waals surface area contributed by atoms with Gasteiger partial charge in [0.15, 0.2) is 0 Å². The Kier molecular flexibility index (Phi) is 5.75. The standard InChI is InChI=1S/C23H27N3O/c1-5-22(21-9-7-6-8-16(21)2)24-23(27)20-12-10-19(11-13-20)15-26-18(4)14-17(3)25-26/h6-14,22H,5,15H2,1-4H3,(H,24,27)/t22-/m1/s1. The zero-order valence-corrected chi connectivity index (χ0v) is 16.5. The van der Waals surface area contributed by atoms with Crippen LogP contribution in [0.4, 0.5) is 0 Å². The van der Waals surface area contributed by atoms with E-state index in [2.05, 4.69) is 49.4 Å². The van der Waals surface area contributed by atoms with E-state index in [4.69, 9.17) is 0 Å². The average Bonchev–Trinajstić information content (AvgIpc) is 2.97. The maximum atomic E-state index is 12.7. The predicted octanol–water partition coefficient (Wildman–Crippen LogP) is 4.74. The molecular weight excluding hydrogens is 334 g/mol. The molecule has 0 aliphatic carbocycles. The first-order valence-electron chi connectivity index (χ1n) is 9.44. The van der Waals surface area contributed by atoms with Gasteiger partial charge < -0.3 is 5.32 Å². The normalized spacial score (nSPS) is 12.0. The van der Waals surface area contributed by atoms with Crippen molar-refractivity contribution in [3.63, 3.8) is 0 Å². The minimum Gasteiger partial charge on any atom is -0.345 e. The van der Waals surface area contributed by atoms with Crippen LogP contribution in [0.1, 0.15) is 57.8 Å². The van der Waals surface area contributed by atoms with Gasteiger partial charge in [0.2, 0.25) is 0 Å². The molecule has 3 aromatic rings. The lowest BCUT2D eigenvalue weighted by molar-refractivity contribution is 0.0935. The summed E-state index contributed by atoms with van der Waals surface area (Å²) in [6.45, 7) is 8.93. The molecule has 1 heterocycles. The van der Waals surface area contributed by atoms with Gasteiger partial charge >= 0.3 is 0 Å². The summed E-state index contributed by atoms with van der Waals surface area (Å²) in [7, 11) is 0. The summed E-state index contributed by atoms with van der Waals surface area (Å²) in [6, 6.07) is 18.1. The Morgan fingerprint density at radius 3 is 2.37 bits per heavy atom. The van der Waals surface area contributed by atoms with Gasteiger partial charge in [0.05, 0.1) is 18.3 Å². The smallest absolute Gasteiger partial charge is 0.251 e. The Bertz CT molecular complexity index is 925. The van der Waals surface area contributed by atoms with Crippen molar-refractivity contribution < 1.29 is 4.79 Å². The van der Waals surface area contributed by atoms with Crippen molar-refractivity contribution in [1.82, 2.24) is 15.1 Å². The SMILES string of the molecule is CC[C@@H](NC(=O)c1ccc(Cn2nc(C)cc2C)cc1)c1ccccc1C. The van der Waals surface area contributed by atoms with Gasteiger partial charge in [-0.3, -0.25) is 9.48 Å². The van der Waals surface area contributed by atoms with Crippen LogP contribution in [0.25, 0.3) is 0 Å². The van der Waals surface area contributed by atoms with Gasteiger partial charge in [-0.15, -0.1) is 0 Å². The van der Waals surface area contributed by atoms with Crippen molar-refractivity contribution in [2.24, 2.45) is 0 Å². The number of hydrogen-bond donors (Lipinski definition) is 1. The molecule has 4 nitrogen and oxygen atoms in total. The third-order valence-electron chi connectivity index (χ3n) is 4.93. The summed E-state index contributed by atoms with van der Waals surface area (Å²) < 4.78 is 1.98. The highest BCUT2D eigenvalue weighted by molar-refractivity contribution is 5.94. The highest BCUT2D eigenvalue weighted by Crippen LogP contribution is 2.21. The number of carbonyl (C=O) groups excluding carboxylic acids is 1. The second kappa shape index (κ2) is 8.21. The molecule has 1 atom stereocenters. The van der Waals surface area contributed by atoms with Gasteiger partial charge in [0.25, 0.3) is 5.91 Å². The number of aryl methyl sites for hydroxylation is 3. The maximum Gasteiger partial charge on any atom is 0.251 e. The van der Waals surface area contributed by atoms with E-state index in [0.29, 0.717) is 12.1 Å². The Labute approximate surface area is 161 Å². The molecule has 0 bridgehead atoms. The van der Waals surface area contributed by atoms with Crippen LogP contribution < -0.4 is 5.32 Å². The van der Waals surface area contributed by atoms with E-state index in [1.165, 1.54) is 11.1 Å². The number of amides is 1. The number of nitrogens with one attached hydrogen (secondary N) is 1. The van der Waals surface area contributed by atoms with Crippen LogP contribution >= 0.6 is 0 Å². The predicted molar refractivity (Wildman–Crippen MR) is 109 cm³/mol. The van der Waals surface area contributed by atoms with E-state index >= 15 is 0 Å². The molecule has 1 amide bonds. The lowest BCUT2D eigenvalue weighted by Gasteiger charge is -2.19. The minimum absolute atomic E-state index is 0.0214.